The van der Waals surface area contributed by atoms with Crippen LogP contribution in [-0.2, 0) is 6.42 Å². The molecule has 1 heterocycles. The van der Waals surface area contributed by atoms with Crippen LogP contribution in [0.3, 0.4) is 0 Å². The third kappa shape index (κ3) is 7.98. The van der Waals surface area contributed by atoms with Crippen LogP contribution in [0.2, 0.25) is 0 Å². The van der Waals surface area contributed by atoms with Crippen LogP contribution in [0.1, 0.15) is 65.0 Å². The highest BCUT2D eigenvalue weighted by molar-refractivity contribution is 5.79. The predicted octanol–water partition coefficient (Wildman–Crippen LogP) is 7.96. The molecule has 0 saturated carbocycles. The number of nitrogens with one attached hydrogen (secondary N) is 1. The van der Waals surface area contributed by atoms with E-state index < -0.39 is 0 Å². The van der Waals surface area contributed by atoms with Gasteiger partial charge >= 0.3 is 0 Å². The van der Waals surface area contributed by atoms with Gasteiger partial charge in [-0.1, -0.05) is 57.2 Å². The molecule has 2 rings (SSSR count). The molecular formula is C29H39FN4. The molecule has 0 radical (unpaired) electrons. The Kier molecular flexibility index (Phi) is 11.2. The fourth-order valence-corrected chi connectivity index (χ4v) is 3.79. The maximum atomic E-state index is 14.8. The molecule has 1 aromatic carbocycles. The van der Waals surface area contributed by atoms with Gasteiger partial charge in [0.1, 0.15) is 11.6 Å². The topological polar surface area (TPSA) is 40.5 Å². The number of anilines is 2. The molecular weight excluding hydrogens is 423 g/mol. The molecule has 0 fully saturated rings. The first-order chi connectivity index (χ1) is 16.4. The van der Waals surface area contributed by atoms with Gasteiger partial charge in [-0.05, 0) is 56.4 Å². The summed E-state index contributed by atoms with van der Waals surface area (Å²) in [4.78, 5) is 10.9. The van der Waals surface area contributed by atoms with Crippen molar-refractivity contribution in [1.82, 2.24) is 4.98 Å². The van der Waals surface area contributed by atoms with Crippen LogP contribution in [0, 0.1) is 0 Å². The van der Waals surface area contributed by atoms with E-state index in [9.17, 15) is 4.39 Å². The van der Waals surface area contributed by atoms with Crippen LogP contribution in [0.25, 0.3) is 5.57 Å². The Morgan fingerprint density at radius 3 is 2.29 bits per heavy atom. The molecule has 0 spiro atoms. The van der Waals surface area contributed by atoms with Crippen molar-refractivity contribution in [3.05, 3.63) is 83.6 Å². The summed E-state index contributed by atoms with van der Waals surface area (Å²) in [6.45, 7) is 16.4. The minimum absolute atomic E-state index is 0.317. The first-order valence-corrected chi connectivity index (χ1v) is 12.2. The standard InChI is InChI=1S/C29H39FN4/c1-7-17-34(18-8-2)26-15-16-28(32-20-26)33-23(6)19-24-11-13-25(14-12-24)29(22(5)9-3)27(30)21-31-10-4/h10-16,20-21H,6-9,17-19H2,1-5H3,(H,32,33)/b27-21+,29-22+,31-10?. The van der Waals surface area contributed by atoms with E-state index in [4.69, 9.17) is 0 Å². The number of rotatable bonds is 13. The molecule has 0 aliphatic carbocycles. The van der Waals surface area contributed by atoms with E-state index >= 15 is 0 Å². The highest BCUT2D eigenvalue weighted by Crippen LogP contribution is 2.30. The van der Waals surface area contributed by atoms with E-state index in [0.717, 1.165) is 66.3 Å². The van der Waals surface area contributed by atoms with Gasteiger partial charge in [0.15, 0.2) is 0 Å². The average Bonchev–Trinajstić information content (AvgIpc) is 2.84. The molecule has 182 valence electrons. The zero-order chi connectivity index (χ0) is 24.9. The van der Waals surface area contributed by atoms with Gasteiger partial charge in [-0.3, -0.25) is 4.99 Å². The number of hydrogen-bond acceptors (Lipinski definition) is 4. The van der Waals surface area contributed by atoms with Crippen molar-refractivity contribution < 1.29 is 4.39 Å². The maximum absolute atomic E-state index is 14.8. The molecule has 5 heteroatoms. The molecule has 0 unspecified atom stereocenters. The van der Waals surface area contributed by atoms with Gasteiger partial charge in [0, 0.05) is 37.0 Å². The van der Waals surface area contributed by atoms with Gasteiger partial charge in [-0.25, -0.2) is 9.37 Å². The van der Waals surface area contributed by atoms with E-state index in [1.807, 2.05) is 50.4 Å². The van der Waals surface area contributed by atoms with Gasteiger partial charge in [-0.2, -0.15) is 0 Å². The first kappa shape index (κ1) is 27.0. The number of hydrogen-bond donors (Lipinski definition) is 1. The van der Waals surface area contributed by atoms with Crippen LogP contribution in [0.4, 0.5) is 15.9 Å². The minimum atomic E-state index is -0.317. The summed E-state index contributed by atoms with van der Waals surface area (Å²) in [6, 6.07) is 12.1. The highest BCUT2D eigenvalue weighted by atomic mass is 19.1. The number of pyridine rings is 1. The normalized spacial score (nSPS) is 12.6. The molecule has 0 amide bonds. The third-order valence-corrected chi connectivity index (χ3v) is 5.60. The number of halogens is 1. The lowest BCUT2D eigenvalue weighted by Gasteiger charge is -2.23. The maximum Gasteiger partial charge on any atom is 0.149 e. The summed E-state index contributed by atoms with van der Waals surface area (Å²) in [5, 5.41) is 3.31. The summed E-state index contributed by atoms with van der Waals surface area (Å²) < 4.78 is 14.8. The largest absolute Gasteiger partial charge is 0.370 e. The monoisotopic (exact) mass is 462 g/mol. The smallest absolute Gasteiger partial charge is 0.149 e. The highest BCUT2D eigenvalue weighted by Gasteiger charge is 2.12. The number of nitrogens with zero attached hydrogens (tertiary/aromatic N) is 3. The van der Waals surface area contributed by atoms with Crippen molar-refractivity contribution in [3.63, 3.8) is 0 Å². The fraction of sp³-hybridized carbons (Fsp3) is 0.379. The lowest BCUT2D eigenvalue weighted by molar-refractivity contribution is 0.668. The lowest BCUT2D eigenvalue weighted by Crippen LogP contribution is -2.24. The lowest BCUT2D eigenvalue weighted by atomic mass is 9.96. The van der Waals surface area contributed by atoms with E-state index in [1.54, 1.807) is 13.1 Å². The van der Waals surface area contributed by atoms with Crippen LogP contribution < -0.4 is 10.2 Å². The molecule has 0 aliphatic heterocycles. The van der Waals surface area contributed by atoms with E-state index in [2.05, 4.69) is 46.7 Å². The van der Waals surface area contributed by atoms with Crippen molar-refractivity contribution in [2.45, 2.75) is 60.3 Å². The summed E-state index contributed by atoms with van der Waals surface area (Å²) in [6.07, 6.45) is 8.43. The van der Waals surface area contributed by atoms with Gasteiger partial charge in [-0.15, -0.1) is 0 Å². The Labute approximate surface area is 205 Å². The third-order valence-electron chi connectivity index (χ3n) is 5.60. The van der Waals surface area contributed by atoms with Crippen molar-refractivity contribution in [3.8, 4) is 0 Å². The Balaban J connectivity index is 2.07. The summed E-state index contributed by atoms with van der Waals surface area (Å²) in [5.41, 5.74) is 5.55. The number of aliphatic imine (C=N–C) groups is 1. The SMILES string of the molecule is C=C(Cc1ccc(C(/C(F)=C\N=CC)=C(/C)CC)cc1)Nc1ccc(N(CCC)CCC)cn1. The summed E-state index contributed by atoms with van der Waals surface area (Å²) in [7, 11) is 0. The molecule has 0 atom stereocenters. The van der Waals surface area contributed by atoms with Crippen molar-refractivity contribution >= 4 is 23.3 Å². The molecule has 34 heavy (non-hydrogen) atoms. The van der Waals surface area contributed by atoms with E-state index in [-0.39, 0.29) is 5.83 Å². The van der Waals surface area contributed by atoms with Gasteiger partial charge in [0.05, 0.1) is 18.1 Å². The Hall–Kier alpha value is -3.21. The van der Waals surface area contributed by atoms with E-state index in [0.29, 0.717) is 12.0 Å². The summed E-state index contributed by atoms with van der Waals surface area (Å²) in [5.74, 6) is 0.466. The van der Waals surface area contributed by atoms with Crippen LogP contribution in [0.5, 0.6) is 0 Å². The minimum Gasteiger partial charge on any atom is -0.370 e. The zero-order valence-electron chi connectivity index (χ0n) is 21.4. The Morgan fingerprint density at radius 1 is 1.09 bits per heavy atom. The Morgan fingerprint density at radius 2 is 1.76 bits per heavy atom. The second-order valence-electron chi connectivity index (χ2n) is 8.38. The molecule has 2 aromatic rings. The fourth-order valence-electron chi connectivity index (χ4n) is 3.79. The van der Waals surface area contributed by atoms with Crippen LogP contribution in [0.15, 0.2) is 77.5 Å². The molecule has 0 bridgehead atoms. The van der Waals surface area contributed by atoms with Crippen molar-refractivity contribution in [1.29, 1.82) is 0 Å². The van der Waals surface area contributed by atoms with Crippen molar-refractivity contribution in [2.24, 2.45) is 4.99 Å². The number of allylic oxidation sites excluding steroid dienone is 4. The van der Waals surface area contributed by atoms with Crippen LogP contribution in [-0.4, -0.2) is 24.3 Å². The number of aromatic nitrogens is 1. The van der Waals surface area contributed by atoms with Gasteiger partial charge < -0.3 is 10.2 Å². The van der Waals surface area contributed by atoms with Crippen LogP contribution >= 0.6 is 0 Å². The van der Waals surface area contributed by atoms with Crippen molar-refractivity contribution in [2.75, 3.05) is 23.3 Å². The van der Waals surface area contributed by atoms with Gasteiger partial charge in [0.2, 0.25) is 0 Å². The molecule has 1 N–H and O–H groups in total. The van der Waals surface area contributed by atoms with Gasteiger partial charge in [0.25, 0.3) is 0 Å². The first-order valence-electron chi connectivity index (χ1n) is 12.2. The summed E-state index contributed by atoms with van der Waals surface area (Å²) >= 11 is 0. The molecule has 1 aromatic heterocycles. The molecule has 0 aliphatic rings. The molecule has 4 nitrogen and oxygen atoms in total. The predicted molar refractivity (Wildman–Crippen MR) is 146 cm³/mol. The quantitative estimate of drug-likeness (QED) is 0.242. The average molecular weight is 463 g/mol. The second-order valence-corrected chi connectivity index (χ2v) is 8.38. The molecule has 0 saturated heterocycles. The number of benzene rings is 1. The second kappa shape index (κ2) is 14.1. The van der Waals surface area contributed by atoms with E-state index in [1.165, 1.54) is 6.20 Å². The zero-order valence-corrected chi connectivity index (χ0v) is 21.4. The Bertz CT molecular complexity index is 995.